The molecular formula is C17H18ClNOS. The lowest BCUT2D eigenvalue weighted by atomic mass is 10.1. The van der Waals surface area contributed by atoms with Gasteiger partial charge in [0.1, 0.15) is 5.38 Å². The van der Waals surface area contributed by atoms with Crippen LogP contribution < -0.4 is 5.32 Å². The molecule has 0 saturated carbocycles. The molecule has 0 fully saturated rings. The number of thioether (sulfide) groups is 1. The summed E-state index contributed by atoms with van der Waals surface area (Å²) in [6.45, 7) is 1.96. The summed E-state index contributed by atoms with van der Waals surface area (Å²) in [5.41, 5.74) is 1.87. The summed E-state index contributed by atoms with van der Waals surface area (Å²) in [4.78, 5) is 13.4. The van der Waals surface area contributed by atoms with Gasteiger partial charge >= 0.3 is 0 Å². The fourth-order valence-electron chi connectivity index (χ4n) is 2.04. The minimum Gasteiger partial charge on any atom is -0.348 e. The highest BCUT2D eigenvalue weighted by molar-refractivity contribution is 7.98. The van der Waals surface area contributed by atoms with Crippen LogP contribution in [0, 0.1) is 0 Å². The van der Waals surface area contributed by atoms with Gasteiger partial charge in [-0.25, -0.2) is 0 Å². The minimum absolute atomic E-state index is 0.0710. The second-order valence-electron chi connectivity index (χ2n) is 4.78. The lowest BCUT2D eigenvalue weighted by Crippen LogP contribution is -2.29. The van der Waals surface area contributed by atoms with E-state index in [1.54, 1.807) is 11.8 Å². The molecule has 0 aliphatic heterocycles. The average Bonchev–Trinajstić information content (AvgIpc) is 2.55. The third-order valence-corrected chi connectivity index (χ3v) is 4.49. The van der Waals surface area contributed by atoms with E-state index in [1.807, 2.05) is 55.6 Å². The van der Waals surface area contributed by atoms with E-state index in [2.05, 4.69) is 17.4 Å². The van der Waals surface area contributed by atoms with Gasteiger partial charge in [-0.3, -0.25) is 4.79 Å². The summed E-state index contributed by atoms with van der Waals surface area (Å²) in [7, 11) is 0. The molecule has 21 heavy (non-hydrogen) atoms. The largest absolute Gasteiger partial charge is 0.348 e. The van der Waals surface area contributed by atoms with Crippen molar-refractivity contribution >= 4 is 29.3 Å². The van der Waals surface area contributed by atoms with Gasteiger partial charge in [0.2, 0.25) is 5.91 Å². The van der Waals surface area contributed by atoms with Crippen LogP contribution in [0.25, 0.3) is 0 Å². The van der Waals surface area contributed by atoms with Gasteiger partial charge in [-0.05, 0) is 36.4 Å². The number of carbonyl (C=O) groups excluding carboxylic acids is 1. The van der Waals surface area contributed by atoms with Crippen LogP contribution in [-0.2, 0) is 4.79 Å². The first-order valence-corrected chi connectivity index (χ1v) is 8.41. The van der Waals surface area contributed by atoms with E-state index in [0.717, 1.165) is 11.1 Å². The lowest BCUT2D eigenvalue weighted by Gasteiger charge is -2.17. The Morgan fingerprint density at radius 2 is 1.67 bits per heavy atom. The maximum Gasteiger partial charge on any atom is 0.243 e. The van der Waals surface area contributed by atoms with Crippen LogP contribution in [0.4, 0.5) is 0 Å². The minimum atomic E-state index is -0.667. The van der Waals surface area contributed by atoms with Crippen molar-refractivity contribution in [2.45, 2.75) is 23.2 Å². The second kappa shape index (κ2) is 7.53. The number of nitrogens with one attached hydrogen (secondary N) is 1. The van der Waals surface area contributed by atoms with Crippen LogP contribution in [0.1, 0.15) is 29.5 Å². The zero-order chi connectivity index (χ0) is 15.2. The van der Waals surface area contributed by atoms with Gasteiger partial charge in [-0.15, -0.1) is 23.4 Å². The first-order valence-electron chi connectivity index (χ1n) is 6.75. The molecule has 0 heterocycles. The van der Waals surface area contributed by atoms with E-state index in [1.165, 1.54) is 4.90 Å². The van der Waals surface area contributed by atoms with Crippen molar-refractivity contribution in [1.82, 2.24) is 5.32 Å². The quantitative estimate of drug-likeness (QED) is 0.646. The monoisotopic (exact) mass is 319 g/mol. The van der Waals surface area contributed by atoms with Gasteiger partial charge in [0.15, 0.2) is 0 Å². The fourth-order valence-corrected chi connectivity index (χ4v) is 2.65. The Bertz CT molecular complexity index is 585. The zero-order valence-corrected chi connectivity index (χ0v) is 13.6. The topological polar surface area (TPSA) is 29.1 Å². The summed E-state index contributed by atoms with van der Waals surface area (Å²) in [6.07, 6.45) is 2.04. The number of halogens is 1. The molecule has 2 atom stereocenters. The molecular weight excluding hydrogens is 302 g/mol. The number of amides is 1. The summed E-state index contributed by atoms with van der Waals surface area (Å²) in [6, 6.07) is 17.5. The first-order chi connectivity index (χ1) is 10.1. The highest BCUT2D eigenvalue weighted by atomic mass is 35.5. The van der Waals surface area contributed by atoms with Crippen LogP contribution in [0.5, 0.6) is 0 Å². The Kier molecular flexibility index (Phi) is 5.71. The predicted molar refractivity (Wildman–Crippen MR) is 89.8 cm³/mol. The summed E-state index contributed by atoms with van der Waals surface area (Å²) in [5, 5.41) is 2.29. The third kappa shape index (κ3) is 4.26. The van der Waals surface area contributed by atoms with Crippen LogP contribution >= 0.6 is 23.4 Å². The van der Waals surface area contributed by atoms with Gasteiger partial charge < -0.3 is 5.32 Å². The standard InChI is InChI=1S/C17H18ClNOS/c1-12(13-8-10-15(21-2)11-9-13)19-17(20)16(18)14-6-4-3-5-7-14/h3-12,16H,1-2H3,(H,19,20). The number of alkyl halides is 1. The van der Waals surface area contributed by atoms with Gasteiger partial charge in [-0.2, -0.15) is 0 Å². The van der Waals surface area contributed by atoms with E-state index in [9.17, 15) is 4.79 Å². The van der Waals surface area contributed by atoms with Crippen LogP contribution in [0.3, 0.4) is 0 Å². The Balaban J connectivity index is 2.01. The molecule has 0 aromatic heterocycles. The average molecular weight is 320 g/mol. The predicted octanol–water partition coefficient (Wildman–Crippen LogP) is 4.57. The molecule has 2 rings (SSSR count). The van der Waals surface area contributed by atoms with Crippen molar-refractivity contribution < 1.29 is 4.79 Å². The molecule has 0 spiro atoms. The fraction of sp³-hybridized carbons (Fsp3) is 0.235. The van der Waals surface area contributed by atoms with Crippen molar-refractivity contribution in [2.24, 2.45) is 0 Å². The summed E-state index contributed by atoms with van der Waals surface area (Å²) < 4.78 is 0. The first kappa shape index (κ1) is 15.9. The zero-order valence-electron chi connectivity index (χ0n) is 12.0. The molecule has 2 aromatic rings. The lowest BCUT2D eigenvalue weighted by molar-refractivity contribution is -0.121. The van der Waals surface area contributed by atoms with Crippen molar-refractivity contribution in [3.8, 4) is 0 Å². The molecule has 4 heteroatoms. The molecule has 0 radical (unpaired) electrons. The molecule has 0 bridgehead atoms. The molecule has 110 valence electrons. The molecule has 2 unspecified atom stereocenters. The molecule has 0 aliphatic rings. The number of carbonyl (C=O) groups is 1. The van der Waals surface area contributed by atoms with Gasteiger partial charge in [0, 0.05) is 4.90 Å². The Labute approximate surface area is 134 Å². The van der Waals surface area contributed by atoms with E-state index in [0.29, 0.717) is 0 Å². The van der Waals surface area contributed by atoms with Crippen molar-refractivity contribution in [2.75, 3.05) is 6.26 Å². The highest BCUT2D eigenvalue weighted by Gasteiger charge is 2.19. The molecule has 1 amide bonds. The van der Waals surface area contributed by atoms with Crippen LogP contribution in [-0.4, -0.2) is 12.2 Å². The SMILES string of the molecule is CSc1ccc(C(C)NC(=O)C(Cl)c2ccccc2)cc1. The van der Waals surface area contributed by atoms with E-state index in [4.69, 9.17) is 11.6 Å². The Morgan fingerprint density at radius 3 is 2.24 bits per heavy atom. The maximum atomic E-state index is 12.2. The molecule has 0 aliphatic carbocycles. The number of hydrogen-bond acceptors (Lipinski definition) is 2. The number of benzene rings is 2. The molecule has 1 N–H and O–H groups in total. The Morgan fingerprint density at radius 1 is 1.05 bits per heavy atom. The van der Waals surface area contributed by atoms with E-state index < -0.39 is 5.38 Å². The number of rotatable bonds is 5. The van der Waals surface area contributed by atoms with Crippen molar-refractivity contribution in [3.63, 3.8) is 0 Å². The van der Waals surface area contributed by atoms with Gasteiger partial charge in [-0.1, -0.05) is 42.5 Å². The maximum absolute atomic E-state index is 12.2. The van der Waals surface area contributed by atoms with Crippen molar-refractivity contribution in [3.05, 3.63) is 65.7 Å². The smallest absolute Gasteiger partial charge is 0.243 e. The van der Waals surface area contributed by atoms with Crippen LogP contribution in [0.15, 0.2) is 59.5 Å². The number of hydrogen-bond donors (Lipinski definition) is 1. The second-order valence-corrected chi connectivity index (χ2v) is 6.09. The van der Waals surface area contributed by atoms with E-state index in [-0.39, 0.29) is 11.9 Å². The summed E-state index contributed by atoms with van der Waals surface area (Å²) in [5.74, 6) is -0.177. The third-order valence-electron chi connectivity index (χ3n) is 3.30. The van der Waals surface area contributed by atoms with E-state index >= 15 is 0 Å². The van der Waals surface area contributed by atoms with Crippen molar-refractivity contribution in [1.29, 1.82) is 0 Å². The molecule has 2 nitrogen and oxygen atoms in total. The van der Waals surface area contributed by atoms with Crippen LogP contribution in [0.2, 0.25) is 0 Å². The summed E-state index contributed by atoms with van der Waals surface area (Å²) >= 11 is 7.92. The normalized spacial score (nSPS) is 13.5. The highest BCUT2D eigenvalue weighted by Crippen LogP contribution is 2.23. The van der Waals surface area contributed by atoms with Gasteiger partial charge in [0.25, 0.3) is 0 Å². The molecule has 0 saturated heterocycles. The van der Waals surface area contributed by atoms with Gasteiger partial charge in [0.05, 0.1) is 6.04 Å². The molecule has 2 aromatic carbocycles. The Hall–Kier alpha value is -1.45.